The fraction of sp³-hybridized carbons (Fsp3) is 0.500. The van der Waals surface area contributed by atoms with Crippen LogP contribution in [-0.4, -0.2) is 35.0 Å². The van der Waals surface area contributed by atoms with Crippen LogP contribution in [0.25, 0.3) is 0 Å². The molecule has 1 amide bonds. The van der Waals surface area contributed by atoms with Gasteiger partial charge in [-0.2, -0.15) is 4.98 Å². The Hall–Kier alpha value is -1.56. The van der Waals surface area contributed by atoms with Crippen LogP contribution in [-0.2, 0) is 4.79 Å². The summed E-state index contributed by atoms with van der Waals surface area (Å²) >= 11 is 5.74. The van der Waals surface area contributed by atoms with Crippen LogP contribution in [0.15, 0.2) is 6.20 Å². The van der Waals surface area contributed by atoms with Crippen molar-refractivity contribution in [3.63, 3.8) is 0 Å². The van der Waals surface area contributed by atoms with Crippen molar-refractivity contribution in [3.05, 3.63) is 11.5 Å². The van der Waals surface area contributed by atoms with Crippen LogP contribution in [0.1, 0.15) is 13.3 Å². The maximum absolute atomic E-state index is 11.0. The summed E-state index contributed by atoms with van der Waals surface area (Å²) < 4.78 is 0. The molecule has 6 nitrogen and oxygen atoms in total. The molecule has 1 aromatic heterocycles. The van der Waals surface area contributed by atoms with Gasteiger partial charge in [-0.3, -0.25) is 4.79 Å². The quantitative estimate of drug-likeness (QED) is 0.749. The first-order valence-electron chi connectivity index (χ1n) is 5.36. The third-order valence-electron chi connectivity index (χ3n) is 2.66. The molecular weight excluding hydrogens is 242 g/mol. The van der Waals surface area contributed by atoms with E-state index in [9.17, 15) is 4.79 Å². The largest absolute Gasteiger partial charge is 0.394 e. The first-order chi connectivity index (χ1) is 8.06. The van der Waals surface area contributed by atoms with Crippen LogP contribution in [0, 0.1) is 0 Å². The summed E-state index contributed by atoms with van der Waals surface area (Å²) in [5.41, 5.74) is 6.30. The second kappa shape index (κ2) is 4.75. The number of aromatic nitrogens is 2. The predicted octanol–water partition coefficient (Wildman–Crippen LogP) is 0.427. The molecule has 1 aromatic rings. The second-order valence-electron chi connectivity index (χ2n) is 4.05. The van der Waals surface area contributed by atoms with Crippen molar-refractivity contribution in [3.8, 4) is 0 Å². The smallest absolute Gasteiger partial charge is 0.224 e. The van der Waals surface area contributed by atoms with Gasteiger partial charge in [-0.15, -0.1) is 0 Å². The molecule has 7 heteroatoms. The van der Waals surface area contributed by atoms with Crippen LogP contribution >= 0.6 is 11.6 Å². The standard InChI is InChI=1S/C10H14ClN5O/c1-6(17)14-7-2-3-16(5-7)9-8(12)4-13-10(11)15-9/h4,7H,2-3,5,12H2,1H3,(H,14,17). The summed E-state index contributed by atoms with van der Waals surface area (Å²) in [6.45, 7) is 3.00. The molecule has 1 aliphatic heterocycles. The summed E-state index contributed by atoms with van der Waals surface area (Å²) in [7, 11) is 0. The highest BCUT2D eigenvalue weighted by Crippen LogP contribution is 2.24. The van der Waals surface area contributed by atoms with E-state index in [1.165, 1.54) is 13.1 Å². The van der Waals surface area contributed by atoms with E-state index in [-0.39, 0.29) is 17.2 Å². The highest BCUT2D eigenvalue weighted by Gasteiger charge is 2.25. The summed E-state index contributed by atoms with van der Waals surface area (Å²) in [5, 5.41) is 3.06. The van der Waals surface area contributed by atoms with Gasteiger partial charge in [-0.25, -0.2) is 4.98 Å². The molecule has 2 heterocycles. The van der Waals surface area contributed by atoms with Gasteiger partial charge in [-0.05, 0) is 18.0 Å². The highest BCUT2D eigenvalue weighted by molar-refractivity contribution is 6.28. The number of amides is 1. The summed E-state index contributed by atoms with van der Waals surface area (Å²) in [4.78, 5) is 20.9. The third kappa shape index (κ3) is 2.76. The molecule has 92 valence electrons. The minimum absolute atomic E-state index is 0.0226. The maximum atomic E-state index is 11.0. The molecule has 0 radical (unpaired) electrons. The lowest BCUT2D eigenvalue weighted by molar-refractivity contribution is -0.119. The van der Waals surface area contributed by atoms with E-state index in [1.54, 1.807) is 0 Å². The molecule has 1 unspecified atom stereocenters. The van der Waals surface area contributed by atoms with Crippen molar-refractivity contribution in [2.45, 2.75) is 19.4 Å². The molecule has 0 bridgehead atoms. The first kappa shape index (κ1) is 11.9. The molecule has 1 saturated heterocycles. The zero-order valence-corrected chi connectivity index (χ0v) is 10.2. The zero-order chi connectivity index (χ0) is 12.4. The van der Waals surface area contributed by atoms with E-state index in [1.807, 2.05) is 4.90 Å². The van der Waals surface area contributed by atoms with Crippen LogP contribution in [0.5, 0.6) is 0 Å². The monoisotopic (exact) mass is 255 g/mol. The van der Waals surface area contributed by atoms with Crippen LogP contribution in [0.3, 0.4) is 0 Å². The topological polar surface area (TPSA) is 84.1 Å². The average Bonchev–Trinajstić information content (AvgIpc) is 2.69. The Morgan fingerprint density at radius 3 is 3.18 bits per heavy atom. The van der Waals surface area contributed by atoms with Gasteiger partial charge in [0.1, 0.15) is 0 Å². The third-order valence-corrected chi connectivity index (χ3v) is 2.84. The second-order valence-corrected chi connectivity index (χ2v) is 4.39. The number of nitrogens with one attached hydrogen (secondary N) is 1. The number of anilines is 2. The average molecular weight is 256 g/mol. The fourth-order valence-corrected chi connectivity index (χ4v) is 2.10. The van der Waals surface area contributed by atoms with E-state index in [4.69, 9.17) is 17.3 Å². The van der Waals surface area contributed by atoms with Crippen LogP contribution in [0.4, 0.5) is 11.5 Å². The SMILES string of the molecule is CC(=O)NC1CCN(c2nc(Cl)ncc2N)C1. The van der Waals surface area contributed by atoms with Crippen molar-refractivity contribution >= 4 is 29.0 Å². The summed E-state index contributed by atoms with van der Waals surface area (Å²) in [6, 6.07) is 0.139. The van der Waals surface area contributed by atoms with Gasteiger partial charge in [0, 0.05) is 26.1 Å². The van der Waals surface area contributed by atoms with E-state index in [2.05, 4.69) is 15.3 Å². The number of rotatable bonds is 2. The van der Waals surface area contributed by atoms with Crippen molar-refractivity contribution in [1.82, 2.24) is 15.3 Å². The van der Waals surface area contributed by atoms with Crippen molar-refractivity contribution in [2.24, 2.45) is 0 Å². The number of nitrogens with zero attached hydrogens (tertiary/aromatic N) is 3. The normalized spacial score (nSPS) is 19.4. The minimum atomic E-state index is -0.0226. The molecule has 1 fully saturated rings. The highest BCUT2D eigenvalue weighted by atomic mass is 35.5. The molecule has 2 rings (SSSR count). The van der Waals surface area contributed by atoms with Crippen LogP contribution < -0.4 is 16.0 Å². The van der Waals surface area contributed by atoms with Gasteiger partial charge in [-0.1, -0.05) is 0 Å². The van der Waals surface area contributed by atoms with E-state index in [0.717, 1.165) is 13.0 Å². The lowest BCUT2D eigenvalue weighted by Gasteiger charge is -2.19. The van der Waals surface area contributed by atoms with Crippen molar-refractivity contribution < 1.29 is 4.79 Å². The lowest BCUT2D eigenvalue weighted by Crippen LogP contribution is -2.35. The molecule has 17 heavy (non-hydrogen) atoms. The molecule has 0 aromatic carbocycles. The summed E-state index contributed by atoms with van der Waals surface area (Å²) in [5.74, 6) is 0.614. The molecule has 1 aliphatic rings. The number of halogens is 1. The number of carbonyl (C=O) groups excluding carboxylic acids is 1. The molecule has 3 N–H and O–H groups in total. The Morgan fingerprint density at radius 2 is 2.47 bits per heavy atom. The molecule has 1 atom stereocenters. The first-order valence-corrected chi connectivity index (χ1v) is 5.74. The van der Waals surface area contributed by atoms with Gasteiger partial charge in [0.15, 0.2) is 5.82 Å². The molecule has 0 saturated carbocycles. The fourth-order valence-electron chi connectivity index (χ4n) is 1.97. The molecule has 0 spiro atoms. The Morgan fingerprint density at radius 1 is 1.71 bits per heavy atom. The lowest BCUT2D eigenvalue weighted by atomic mass is 10.3. The predicted molar refractivity (Wildman–Crippen MR) is 65.9 cm³/mol. The maximum Gasteiger partial charge on any atom is 0.224 e. The van der Waals surface area contributed by atoms with E-state index < -0.39 is 0 Å². The van der Waals surface area contributed by atoms with Gasteiger partial charge < -0.3 is 16.0 Å². The minimum Gasteiger partial charge on any atom is -0.394 e. The zero-order valence-electron chi connectivity index (χ0n) is 9.48. The van der Waals surface area contributed by atoms with Crippen LogP contribution in [0.2, 0.25) is 5.28 Å². The molecule has 0 aliphatic carbocycles. The Kier molecular flexibility index (Phi) is 3.33. The molecular formula is C10H14ClN5O. The Balaban J connectivity index is 2.09. The van der Waals surface area contributed by atoms with Gasteiger partial charge in [0.2, 0.25) is 11.2 Å². The number of hydrogen-bond acceptors (Lipinski definition) is 5. The van der Waals surface area contributed by atoms with E-state index in [0.29, 0.717) is 18.1 Å². The van der Waals surface area contributed by atoms with E-state index >= 15 is 0 Å². The Labute approximate surface area is 104 Å². The van der Waals surface area contributed by atoms with Crippen molar-refractivity contribution in [2.75, 3.05) is 23.7 Å². The number of nitrogens with two attached hydrogens (primary N) is 1. The number of carbonyl (C=O) groups is 1. The number of hydrogen-bond donors (Lipinski definition) is 2. The summed E-state index contributed by atoms with van der Waals surface area (Å²) in [6.07, 6.45) is 2.37. The van der Waals surface area contributed by atoms with Gasteiger partial charge in [0.05, 0.1) is 11.9 Å². The van der Waals surface area contributed by atoms with Gasteiger partial charge in [0.25, 0.3) is 0 Å². The Bertz CT molecular complexity index is 439. The van der Waals surface area contributed by atoms with Crippen molar-refractivity contribution in [1.29, 1.82) is 0 Å². The van der Waals surface area contributed by atoms with Gasteiger partial charge >= 0.3 is 0 Å². The number of nitrogen functional groups attached to an aromatic ring is 1.